The van der Waals surface area contributed by atoms with E-state index in [1.165, 1.54) is 0 Å². The Bertz CT molecular complexity index is 1270. The number of nitrogens with zero attached hydrogens (tertiary/aromatic N) is 2. The molecule has 4 aromatic rings. The summed E-state index contributed by atoms with van der Waals surface area (Å²) >= 11 is 0. The first kappa shape index (κ1) is 21.4. The van der Waals surface area contributed by atoms with Crippen molar-refractivity contribution in [2.75, 3.05) is 0 Å². The first-order valence-electron chi connectivity index (χ1n) is 11.3. The minimum atomic E-state index is -0.441. The SMILES string of the molecule is O=C1OC(c2ccccc2)=N/C1=C(\c1ccccc1)N(Cc1ccccc1)Cc1ccccc1. The minimum Gasteiger partial charge on any atom is -0.402 e. The molecular weight excluding hydrogens is 420 g/mol. The zero-order valence-electron chi connectivity index (χ0n) is 18.7. The Balaban J connectivity index is 1.65. The number of ether oxygens (including phenoxy) is 1. The van der Waals surface area contributed by atoms with Crippen LogP contribution < -0.4 is 0 Å². The summed E-state index contributed by atoms with van der Waals surface area (Å²) < 4.78 is 5.64. The van der Waals surface area contributed by atoms with Crippen molar-refractivity contribution in [3.63, 3.8) is 0 Å². The van der Waals surface area contributed by atoms with Crippen molar-refractivity contribution in [2.24, 2.45) is 4.99 Å². The fourth-order valence-corrected chi connectivity index (χ4v) is 4.05. The number of carbonyl (C=O) groups excluding carboxylic acids is 1. The van der Waals surface area contributed by atoms with E-state index in [-0.39, 0.29) is 0 Å². The first-order valence-corrected chi connectivity index (χ1v) is 11.3. The van der Waals surface area contributed by atoms with Crippen molar-refractivity contribution >= 4 is 17.6 Å². The van der Waals surface area contributed by atoms with Crippen molar-refractivity contribution in [3.05, 3.63) is 149 Å². The van der Waals surface area contributed by atoms with Crippen LogP contribution in [0.5, 0.6) is 0 Å². The van der Waals surface area contributed by atoms with Gasteiger partial charge in [-0.15, -0.1) is 0 Å². The lowest BCUT2D eigenvalue weighted by molar-refractivity contribution is -0.130. The van der Waals surface area contributed by atoms with Gasteiger partial charge in [-0.2, -0.15) is 0 Å². The number of hydrogen-bond donors (Lipinski definition) is 0. The van der Waals surface area contributed by atoms with E-state index in [0.29, 0.717) is 24.7 Å². The van der Waals surface area contributed by atoms with Gasteiger partial charge in [0.05, 0.1) is 5.70 Å². The standard InChI is InChI=1S/C30H24N2O2/c33-30-27(31-29(34-30)26-19-11-4-12-20-26)28(25-17-9-3-10-18-25)32(21-23-13-5-1-6-14-23)22-24-15-7-2-8-16-24/h1-20H,21-22H2/b28-27+. The van der Waals surface area contributed by atoms with Crippen molar-refractivity contribution in [1.29, 1.82) is 0 Å². The van der Waals surface area contributed by atoms with Gasteiger partial charge in [0, 0.05) is 24.2 Å². The maximum Gasteiger partial charge on any atom is 0.366 e. The molecule has 0 spiro atoms. The number of aliphatic imine (C=N–C) groups is 1. The van der Waals surface area contributed by atoms with Crippen LogP contribution in [-0.2, 0) is 22.6 Å². The van der Waals surface area contributed by atoms with Gasteiger partial charge in [-0.25, -0.2) is 9.79 Å². The molecule has 4 nitrogen and oxygen atoms in total. The molecular formula is C30H24N2O2. The molecule has 0 aromatic heterocycles. The van der Waals surface area contributed by atoms with Crippen LogP contribution in [0.1, 0.15) is 22.3 Å². The molecule has 5 rings (SSSR count). The monoisotopic (exact) mass is 444 g/mol. The molecule has 1 heterocycles. The molecule has 0 unspecified atom stereocenters. The topological polar surface area (TPSA) is 41.9 Å². The van der Waals surface area contributed by atoms with Crippen LogP contribution in [-0.4, -0.2) is 16.8 Å². The van der Waals surface area contributed by atoms with Gasteiger partial charge in [0.25, 0.3) is 0 Å². The number of hydrogen-bond acceptors (Lipinski definition) is 4. The largest absolute Gasteiger partial charge is 0.402 e. The van der Waals surface area contributed by atoms with Crippen molar-refractivity contribution in [1.82, 2.24) is 4.90 Å². The number of rotatable bonds is 7. The Morgan fingerprint density at radius 2 is 1.12 bits per heavy atom. The lowest BCUT2D eigenvalue weighted by Crippen LogP contribution is -2.24. The van der Waals surface area contributed by atoms with E-state index < -0.39 is 5.97 Å². The van der Waals surface area contributed by atoms with Crippen LogP contribution in [0.2, 0.25) is 0 Å². The molecule has 0 amide bonds. The second-order valence-electron chi connectivity index (χ2n) is 8.06. The van der Waals surface area contributed by atoms with E-state index in [2.05, 4.69) is 29.2 Å². The first-order chi connectivity index (χ1) is 16.8. The van der Waals surface area contributed by atoms with Gasteiger partial charge in [0.15, 0.2) is 5.70 Å². The van der Waals surface area contributed by atoms with Gasteiger partial charge in [-0.1, -0.05) is 109 Å². The van der Waals surface area contributed by atoms with E-state index in [1.54, 1.807) is 0 Å². The molecule has 0 saturated carbocycles. The Hall–Kier alpha value is -4.44. The number of cyclic esters (lactones) is 1. The molecule has 0 atom stereocenters. The molecule has 4 heteroatoms. The molecule has 0 bridgehead atoms. The fourth-order valence-electron chi connectivity index (χ4n) is 4.05. The molecule has 0 fully saturated rings. The Morgan fingerprint density at radius 3 is 1.65 bits per heavy atom. The second kappa shape index (κ2) is 10.0. The molecule has 0 saturated heterocycles. The average molecular weight is 445 g/mol. The van der Waals surface area contributed by atoms with Crippen molar-refractivity contribution in [3.8, 4) is 0 Å². The number of carbonyl (C=O) groups is 1. The van der Waals surface area contributed by atoms with E-state index in [4.69, 9.17) is 9.73 Å². The fraction of sp³-hybridized carbons (Fsp3) is 0.0667. The number of esters is 1. The van der Waals surface area contributed by atoms with E-state index in [1.807, 2.05) is 97.1 Å². The molecule has 34 heavy (non-hydrogen) atoms. The summed E-state index contributed by atoms with van der Waals surface area (Å²) in [7, 11) is 0. The normalized spacial score (nSPS) is 14.4. The van der Waals surface area contributed by atoms with Gasteiger partial charge in [0.2, 0.25) is 5.90 Å². The third-order valence-corrected chi connectivity index (χ3v) is 5.64. The Kier molecular flexibility index (Phi) is 6.30. The predicted molar refractivity (Wildman–Crippen MR) is 135 cm³/mol. The quantitative estimate of drug-likeness (QED) is 0.257. The summed E-state index contributed by atoms with van der Waals surface area (Å²) in [5, 5.41) is 0. The van der Waals surface area contributed by atoms with Crippen LogP contribution >= 0.6 is 0 Å². The van der Waals surface area contributed by atoms with Crippen LogP contribution in [0.4, 0.5) is 0 Å². The van der Waals surface area contributed by atoms with E-state index in [0.717, 1.165) is 28.0 Å². The molecule has 0 radical (unpaired) electrons. The summed E-state index contributed by atoms with van der Waals surface area (Å²) in [6.07, 6.45) is 0. The van der Waals surface area contributed by atoms with Gasteiger partial charge in [0.1, 0.15) is 0 Å². The highest BCUT2D eigenvalue weighted by atomic mass is 16.6. The van der Waals surface area contributed by atoms with Crippen molar-refractivity contribution in [2.45, 2.75) is 13.1 Å². The summed E-state index contributed by atoms with van der Waals surface area (Å²) in [5.74, 6) is -0.114. The van der Waals surface area contributed by atoms with E-state index in [9.17, 15) is 4.79 Å². The Labute approximate surface area is 199 Å². The lowest BCUT2D eigenvalue weighted by Gasteiger charge is -2.28. The zero-order chi connectivity index (χ0) is 23.2. The van der Waals surface area contributed by atoms with Crippen molar-refractivity contribution < 1.29 is 9.53 Å². The molecule has 1 aliphatic heterocycles. The average Bonchev–Trinajstić information content (AvgIpc) is 3.28. The Morgan fingerprint density at radius 1 is 0.647 bits per heavy atom. The third kappa shape index (κ3) is 4.81. The predicted octanol–water partition coefficient (Wildman–Crippen LogP) is 6.06. The van der Waals surface area contributed by atoms with Crippen LogP contribution in [0.15, 0.2) is 132 Å². The van der Waals surface area contributed by atoms with Crippen LogP contribution in [0.3, 0.4) is 0 Å². The molecule has 4 aromatic carbocycles. The summed E-state index contributed by atoms with van der Waals surface area (Å²) in [5.41, 5.74) is 5.05. The number of benzene rings is 4. The summed E-state index contributed by atoms with van der Waals surface area (Å²) in [6, 6.07) is 40.0. The highest BCUT2D eigenvalue weighted by Crippen LogP contribution is 2.31. The van der Waals surface area contributed by atoms with Gasteiger partial charge < -0.3 is 9.64 Å². The van der Waals surface area contributed by atoms with E-state index >= 15 is 0 Å². The summed E-state index contributed by atoms with van der Waals surface area (Å²) in [6.45, 7) is 1.24. The summed E-state index contributed by atoms with van der Waals surface area (Å²) in [4.78, 5) is 20.1. The van der Waals surface area contributed by atoms with Crippen LogP contribution in [0, 0.1) is 0 Å². The highest BCUT2D eigenvalue weighted by Gasteiger charge is 2.30. The minimum absolute atomic E-state index is 0.317. The maximum absolute atomic E-state index is 13.2. The second-order valence-corrected chi connectivity index (χ2v) is 8.06. The lowest BCUT2D eigenvalue weighted by atomic mass is 10.1. The third-order valence-electron chi connectivity index (χ3n) is 5.64. The smallest absolute Gasteiger partial charge is 0.366 e. The molecule has 0 aliphatic carbocycles. The molecule has 166 valence electrons. The van der Waals surface area contributed by atoms with Gasteiger partial charge in [-0.05, 0) is 23.3 Å². The molecule has 0 N–H and O–H groups in total. The maximum atomic E-state index is 13.2. The zero-order valence-corrected chi connectivity index (χ0v) is 18.7. The van der Waals surface area contributed by atoms with Crippen LogP contribution in [0.25, 0.3) is 5.70 Å². The van der Waals surface area contributed by atoms with Gasteiger partial charge in [-0.3, -0.25) is 0 Å². The highest BCUT2D eigenvalue weighted by molar-refractivity contribution is 6.14. The molecule has 1 aliphatic rings. The van der Waals surface area contributed by atoms with Gasteiger partial charge >= 0.3 is 5.97 Å².